The maximum atomic E-state index is 13.6. The number of H-pyrrole nitrogens is 1. The van der Waals surface area contributed by atoms with Crippen molar-refractivity contribution in [3.05, 3.63) is 65.6 Å². The normalized spacial score (nSPS) is 16.7. The molecule has 1 saturated heterocycles. The molecule has 29 heavy (non-hydrogen) atoms. The minimum absolute atomic E-state index is 0.0760. The minimum atomic E-state index is -0.322. The van der Waals surface area contributed by atoms with Crippen molar-refractivity contribution in [2.45, 2.75) is 12.5 Å². The molecule has 1 aliphatic rings. The van der Waals surface area contributed by atoms with Gasteiger partial charge in [-0.1, -0.05) is 30.3 Å². The number of carbonyl (C=O) groups excluding carboxylic acids is 2. The van der Waals surface area contributed by atoms with E-state index in [1.807, 2.05) is 30.3 Å². The second kappa shape index (κ2) is 8.40. The van der Waals surface area contributed by atoms with E-state index < -0.39 is 0 Å². The summed E-state index contributed by atoms with van der Waals surface area (Å²) in [6.07, 6.45) is 0.167. The number of fused-ring (bicyclic) bond motifs is 1. The van der Waals surface area contributed by atoms with Crippen LogP contribution in [0.15, 0.2) is 48.5 Å². The van der Waals surface area contributed by atoms with Crippen LogP contribution in [0.4, 0.5) is 4.39 Å². The van der Waals surface area contributed by atoms with Crippen LogP contribution in [0, 0.1) is 5.82 Å². The van der Waals surface area contributed by atoms with Crippen molar-refractivity contribution in [3.8, 4) is 0 Å². The van der Waals surface area contributed by atoms with E-state index in [1.165, 1.54) is 12.1 Å². The summed E-state index contributed by atoms with van der Waals surface area (Å²) in [6.45, 7) is 2.00. The summed E-state index contributed by atoms with van der Waals surface area (Å²) in [5.41, 5.74) is 1.86. The number of rotatable bonds is 5. The molecule has 7 nitrogen and oxygen atoms in total. The van der Waals surface area contributed by atoms with E-state index in [9.17, 15) is 14.0 Å². The zero-order valence-corrected chi connectivity index (χ0v) is 15.8. The Hall–Kier alpha value is -3.26. The fraction of sp³-hybridized carbons (Fsp3) is 0.286. The number of piperazine rings is 1. The number of amides is 2. The Morgan fingerprint density at radius 1 is 1.21 bits per heavy atom. The fourth-order valence-corrected chi connectivity index (χ4v) is 3.66. The number of benzene rings is 2. The highest BCUT2D eigenvalue weighted by atomic mass is 19.1. The second-order valence-electron chi connectivity index (χ2n) is 6.99. The van der Waals surface area contributed by atoms with Crippen LogP contribution in [0.2, 0.25) is 0 Å². The smallest absolute Gasteiger partial charge is 0.272 e. The monoisotopic (exact) mass is 395 g/mol. The molecule has 8 heteroatoms. The van der Waals surface area contributed by atoms with Crippen molar-refractivity contribution >= 4 is 22.7 Å². The van der Waals surface area contributed by atoms with Crippen molar-refractivity contribution < 1.29 is 14.0 Å². The number of nitrogens with one attached hydrogen (secondary N) is 3. The van der Waals surface area contributed by atoms with Crippen LogP contribution in [0.5, 0.6) is 0 Å². The molecule has 1 fully saturated rings. The van der Waals surface area contributed by atoms with E-state index in [2.05, 4.69) is 20.8 Å². The molecule has 2 heterocycles. The highest BCUT2D eigenvalue weighted by molar-refractivity contribution is 6.04. The first-order valence-electron chi connectivity index (χ1n) is 9.60. The molecule has 1 unspecified atom stereocenters. The molecular weight excluding hydrogens is 373 g/mol. The highest BCUT2D eigenvalue weighted by Gasteiger charge is 2.28. The molecule has 0 bridgehead atoms. The third-order valence-electron chi connectivity index (χ3n) is 5.11. The van der Waals surface area contributed by atoms with Gasteiger partial charge in [0.25, 0.3) is 5.91 Å². The van der Waals surface area contributed by atoms with Crippen LogP contribution in [0.25, 0.3) is 10.9 Å². The van der Waals surface area contributed by atoms with Gasteiger partial charge in [-0.05, 0) is 23.8 Å². The SMILES string of the molecule is O=C(NCCC(=O)N1CCNCC1c1cccc(F)c1)c1n[nH]c2ccccc12. The summed E-state index contributed by atoms with van der Waals surface area (Å²) in [5, 5.41) is 13.6. The van der Waals surface area contributed by atoms with E-state index in [4.69, 9.17) is 0 Å². The number of para-hydroxylation sites is 1. The van der Waals surface area contributed by atoms with Gasteiger partial charge in [0.05, 0.1) is 11.6 Å². The number of aromatic nitrogens is 2. The Morgan fingerprint density at radius 2 is 2.07 bits per heavy atom. The van der Waals surface area contributed by atoms with E-state index in [1.54, 1.807) is 11.0 Å². The molecule has 0 radical (unpaired) electrons. The fourth-order valence-electron chi connectivity index (χ4n) is 3.66. The van der Waals surface area contributed by atoms with Crippen molar-refractivity contribution in [2.24, 2.45) is 0 Å². The van der Waals surface area contributed by atoms with Gasteiger partial charge in [0.2, 0.25) is 5.91 Å². The summed E-state index contributed by atoms with van der Waals surface area (Å²) in [6, 6.07) is 13.5. The minimum Gasteiger partial charge on any atom is -0.350 e. The van der Waals surface area contributed by atoms with E-state index in [0.29, 0.717) is 25.3 Å². The number of hydrogen-bond acceptors (Lipinski definition) is 4. The molecule has 2 aromatic carbocycles. The van der Waals surface area contributed by atoms with Crippen LogP contribution >= 0.6 is 0 Å². The average Bonchev–Trinajstić information content (AvgIpc) is 3.18. The molecular formula is C21H22FN5O2. The second-order valence-corrected chi connectivity index (χ2v) is 6.99. The van der Waals surface area contributed by atoms with Gasteiger partial charge in [-0.15, -0.1) is 0 Å². The van der Waals surface area contributed by atoms with Crippen LogP contribution < -0.4 is 10.6 Å². The molecule has 0 spiro atoms. The van der Waals surface area contributed by atoms with Gasteiger partial charge in [-0.25, -0.2) is 4.39 Å². The van der Waals surface area contributed by atoms with Crippen LogP contribution in [0.3, 0.4) is 0 Å². The van der Waals surface area contributed by atoms with Gasteiger partial charge in [0, 0.05) is 38.0 Å². The number of nitrogens with zero attached hydrogens (tertiary/aromatic N) is 2. The Balaban J connectivity index is 1.37. The van der Waals surface area contributed by atoms with E-state index >= 15 is 0 Å². The number of carbonyl (C=O) groups is 2. The summed E-state index contributed by atoms with van der Waals surface area (Å²) < 4.78 is 13.6. The number of halogens is 1. The number of aromatic amines is 1. The maximum absolute atomic E-state index is 13.6. The molecule has 4 rings (SSSR count). The largest absolute Gasteiger partial charge is 0.350 e. The molecule has 0 saturated carbocycles. The van der Waals surface area contributed by atoms with Crippen molar-refractivity contribution in [3.63, 3.8) is 0 Å². The summed E-state index contributed by atoms with van der Waals surface area (Å²) in [7, 11) is 0. The Labute approximate surface area is 167 Å². The Kier molecular flexibility index (Phi) is 5.53. The van der Waals surface area contributed by atoms with Crippen molar-refractivity contribution in [2.75, 3.05) is 26.2 Å². The lowest BCUT2D eigenvalue weighted by molar-refractivity contribution is -0.134. The lowest BCUT2D eigenvalue weighted by atomic mass is 10.0. The van der Waals surface area contributed by atoms with Crippen LogP contribution in [-0.4, -0.2) is 53.1 Å². The van der Waals surface area contributed by atoms with Crippen LogP contribution in [0.1, 0.15) is 28.5 Å². The quantitative estimate of drug-likeness (QED) is 0.616. The summed E-state index contributed by atoms with van der Waals surface area (Å²) in [5.74, 6) is -0.718. The topological polar surface area (TPSA) is 90.1 Å². The predicted octanol–water partition coefficient (Wildman–Crippen LogP) is 1.99. The molecule has 1 atom stereocenters. The summed E-state index contributed by atoms with van der Waals surface area (Å²) >= 11 is 0. The first-order valence-corrected chi connectivity index (χ1v) is 9.60. The number of hydrogen-bond donors (Lipinski definition) is 3. The molecule has 3 N–H and O–H groups in total. The van der Waals surface area contributed by atoms with Gasteiger partial charge in [-0.2, -0.15) is 5.10 Å². The third kappa shape index (κ3) is 4.12. The third-order valence-corrected chi connectivity index (χ3v) is 5.11. The standard InChI is InChI=1S/C21H22FN5O2/c22-15-5-3-4-14(12-15)18-13-23-10-11-27(18)19(28)8-9-24-21(29)20-16-6-1-2-7-17(16)25-26-20/h1-7,12,18,23H,8-11,13H2,(H,24,29)(H,25,26). The maximum Gasteiger partial charge on any atom is 0.272 e. The zero-order chi connectivity index (χ0) is 20.2. The molecule has 2 amide bonds. The average molecular weight is 395 g/mol. The van der Waals surface area contributed by atoms with E-state index in [0.717, 1.165) is 16.5 Å². The van der Waals surface area contributed by atoms with Gasteiger partial charge in [0.1, 0.15) is 5.82 Å². The first-order chi connectivity index (χ1) is 14.1. The van der Waals surface area contributed by atoms with Gasteiger partial charge in [-0.3, -0.25) is 14.7 Å². The lowest BCUT2D eigenvalue weighted by Crippen LogP contribution is -2.49. The van der Waals surface area contributed by atoms with Gasteiger partial charge in [0.15, 0.2) is 5.69 Å². The van der Waals surface area contributed by atoms with Gasteiger partial charge < -0.3 is 15.5 Å². The lowest BCUT2D eigenvalue weighted by Gasteiger charge is -2.36. The Morgan fingerprint density at radius 3 is 2.93 bits per heavy atom. The zero-order valence-electron chi connectivity index (χ0n) is 15.8. The van der Waals surface area contributed by atoms with Crippen molar-refractivity contribution in [1.29, 1.82) is 0 Å². The molecule has 3 aromatic rings. The molecule has 150 valence electrons. The highest BCUT2D eigenvalue weighted by Crippen LogP contribution is 2.23. The van der Waals surface area contributed by atoms with Crippen molar-refractivity contribution in [1.82, 2.24) is 25.7 Å². The van der Waals surface area contributed by atoms with E-state index in [-0.39, 0.29) is 36.6 Å². The summed E-state index contributed by atoms with van der Waals surface area (Å²) in [4.78, 5) is 27.0. The molecule has 1 aromatic heterocycles. The molecule has 1 aliphatic heterocycles. The Bertz CT molecular complexity index is 1030. The van der Waals surface area contributed by atoms with Gasteiger partial charge >= 0.3 is 0 Å². The first kappa shape index (κ1) is 19.1. The molecule has 0 aliphatic carbocycles. The predicted molar refractivity (Wildman–Crippen MR) is 107 cm³/mol. The van der Waals surface area contributed by atoms with Crippen LogP contribution in [-0.2, 0) is 4.79 Å².